The van der Waals surface area contributed by atoms with E-state index in [0.29, 0.717) is 11.8 Å². The lowest BCUT2D eigenvalue weighted by molar-refractivity contribution is -0.153. The molecule has 0 aromatic carbocycles. The Bertz CT molecular complexity index is 307. The second kappa shape index (κ2) is 4.44. The fourth-order valence-corrected chi connectivity index (χ4v) is 2.64. The maximum atomic E-state index is 11.0. The van der Waals surface area contributed by atoms with Crippen LogP contribution in [0.4, 0.5) is 0 Å². The first-order chi connectivity index (χ1) is 7.67. The molecular weight excluding hydrogens is 206 g/mol. The third kappa shape index (κ3) is 2.06. The van der Waals surface area contributed by atoms with Gasteiger partial charge in [0.25, 0.3) is 0 Å². The zero-order valence-corrected chi connectivity index (χ0v) is 9.32. The maximum absolute atomic E-state index is 11.0. The van der Waals surface area contributed by atoms with Crippen molar-refractivity contribution in [2.45, 2.75) is 25.3 Å². The number of rotatable bonds is 3. The summed E-state index contributed by atoms with van der Waals surface area (Å²) in [6, 6.07) is -0.501. The van der Waals surface area contributed by atoms with Crippen LogP contribution in [0.2, 0.25) is 0 Å². The van der Waals surface area contributed by atoms with Gasteiger partial charge in [0.1, 0.15) is 6.04 Å². The fraction of sp³-hybridized carbons (Fsp3) is 0.750. The molecule has 0 aliphatic carbocycles. The van der Waals surface area contributed by atoms with Gasteiger partial charge in [-0.05, 0) is 12.8 Å². The third-order valence-electron chi connectivity index (χ3n) is 3.67. The minimum Gasteiger partial charge on any atom is -0.480 e. The topological polar surface area (TPSA) is 49.8 Å². The normalized spacial score (nSPS) is 25.7. The molecule has 0 aromatic rings. The highest BCUT2D eigenvalue weighted by molar-refractivity contribution is 5.74. The molecule has 1 unspecified atom stereocenters. The van der Waals surface area contributed by atoms with E-state index in [1.165, 1.54) is 0 Å². The predicted octanol–water partition coefficient (Wildman–Crippen LogP) is 0.575. The van der Waals surface area contributed by atoms with Crippen LogP contribution in [0.1, 0.15) is 19.3 Å². The minimum absolute atomic E-state index is 0.294. The molecule has 88 valence electrons. The van der Waals surface area contributed by atoms with Crippen LogP contribution in [0, 0.1) is 17.8 Å². The Morgan fingerprint density at radius 3 is 2.62 bits per heavy atom. The quantitative estimate of drug-likeness (QED) is 0.711. The first-order valence-corrected chi connectivity index (χ1v) is 5.65. The van der Waals surface area contributed by atoms with E-state index in [9.17, 15) is 4.79 Å². The Morgan fingerprint density at radius 2 is 2.12 bits per heavy atom. The average Bonchev–Trinajstić information content (AvgIpc) is 2.23. The highest BCUT2D eigenvalue weighted by atomic mass is 16.5. The Balaban J connectivity index is 1.90. The number of hydrogen-bond donors (Lipinski definition) is 1. The van der Waals surface area contributed by atoms with Crippen LogP contribution in [0.25, 0.3) is 0 Å². The van der Waals surface area contributed by atoms with Crippen molar-refractivity contribution in [1.29, 1.82) is 0 Å². The smallest absolute Gasteiger partial charge is 0.321 e. The molecule has 1 spiro atoms. The Hall–Kier alpha value is -1.05. The van der Waals surface area contributed by atoms with Crippen LogP contribution < -0.4 is 0 Å². The van der Waals surface area contributed by atoms with Crippen molar-refractivity contribution in [2.24, 2.45) is 5.41 Å². The zero-order valence-electron chi connectivity index (χ0n) is 9.32. The van der Waals surface area contributed by atoms with E-state index in [0.717, 1.165) is 39.1 Å². The number of aliphatic carboxylic acids is 1. The average molecular weight is 223 g/mol. The Morgan fingerprint density at radius 1 is 1.50 bits per heavy atom. The SMILES string of the molecule is C#CCC(C(=O)O)N1CC2(CCOCC2)C1. The number of likely N-dealkylation sites (tertiary alicyclic amines) is 1. The second-order valence-corrected chi connectivity index (χ2v) is 4.78. The first-order valence-electron chi connectivity index (χ1n) is 5.65. The van der Waals surface area contributed by atoms with Crippen LogP contribution in [-0.4, -0.2) is 48.3 Å². The molecule has 1 atom stereocenters. The summed E-state index contributed by atoms with van der Waals surface area (Å²) in [5, 5.41) is 9.06. The molecule has 2 aliphatic heterocycles. The molecule has 0 saturated carbocycles. The minimum atomic E-state index is -0.806. The van der Waals surface area contributed by atoms with Gasteiger partial charge in [0, 0.05) is 38.1 Å². The molecule has 2 rings (SSSR count). The van der Waals surface area contributed by atoms with Gasteiger partial charge >= 0.3 is 5.97 Å². The number of nitrogens with zero attached hydrogens (tertiary/aromatic N) is 1. The van der Waals surface area contributed by atoms with Crippen molar-refractivity contribution in [2.75, 3.05) is 26.3 Å². The largest absolute Gasteiger partial charge is 0.480 e. The second-order valence-electron chi connectivity index (χ2n) is 4.78. The summed E-state index contributed by atoms with van der Waals surface area (Å²) in [6.45, 7) is 3.32. The van der Waals surface area contributed by atoms with E-state index in [1.54, 1.807) is 0 Å². The summed E-state index contributed by atoms with van der Waals surface area (Å²) in [7, 11) is 0. The van der Waals surface area contributed by atoms with Gasteiger partial charge in [-0.1, -0.05) is 0 Å². The molecule has 0 amide bonds. The van der Waals surface area contributed by atoms with Crippen LogP contribution in [0.3, 0.4) is 0 Å². The molecule has 0 radical (unpaired) electrons. The Kier molecular flexibility index (Phi) is 3.17. The molecule has 2 heterocycles. The van der Waals surface area contributed by atoms with Crippen molar-refractivity contribution >= 4 is 5.97 Å². The Labute approximate surface area is 95.6 Å². The first kappa shape index (κ1) is 11.4. The number of carbonyl (C=O) groups is 1. The van der Waals surface area contributed by atoms with E-state index >= 15 is 0 Å². The molecule has 1 N–H and O–H groups in total. The lowest BCUT2D eigenvalue weighted by atomic mass is 9.72. The van der Waals surface area contributed by atoms with E-state index in [4.69, 9.17) is 16.3 Å². The van der Waals surface area contributed by atoms with Crippen molar-refractivity contribution in [3.05, 3.63) is 0 Å². The summed E-state index contributed by atoms with van der Waals surface area (Å²) in [5.74, 6) is 1.64. The third-order valence-corrected chi connectivity index (χ3v) is 3.67. The monoisotopic (exact) mass is 223 g/mol. The molecule has 2 fully saturated rings. The number of carboxylic acid groups (broad SMARTS) is 1. The molecule has 2 aliphatic rings. The number of carboxylic acids is 1. The fourth-order valence-electron chi connectivity index (χ4n) is 2.64. The molecular formula is C12H17NO3. The summed E-state index contributed by atoms with van der Waals surface area (Å²) in [6.07, 6.45) is 7.58. The summed E-state index contributed by atoms with van der Waals surface area (Å²) < 4.78 is 5.32. The van der Waals surface area contributed by atoms with E-state index in [-0.39, 0.29) is 0 Å². The van der Waals surface area contributed by atoms with Crippen LogP contribution in [0.5, 0.6) is 0 Å². The van der Waals surface area contributed by atoms with Gasteiger partial charge < -0.3 is 9.84 Å². The molecule has 0 aromatic heterocycles. The lowest BCUT2D eigenvalue weighted by Gasteiger charge is -2.53. The summed E-state index contributed by atoms with van der Waals surface area (Å²) in [5.41, 5.74) is 0.306. The van der Waals surface area contributed by atoms with E-state index < -0.39 is 12.0 Å². The van der Waals surface area contributed by atoms with Crippen molar-refractivity contribution < 1.29 is 14.6 Å². The highest BCUT2D eigenvalue weighted by Gasteiger charge is 2.47. The van der Waals surface area contributed by atoms with Crippen molar-refractivity contribution in [1.82, 2.24) is 4.90 Å². The van der Waals surface area contributed by atoms with Gasteiger partial charge in [-0.15, -0.1) is 12.3 Å². The predicted molar refractivity (Wildman–Crippen MR) is 58.9 cm³/mol. The zero-order chi connectivity index (χ0) is 11.6. The van der Waals surface area contributed by atoms with Gasteiger partial charge in [-0.3, -0.25) is 9.69 Å². The summed E-state index contributed by atoms with van der Waals surface area (Å²) >= 11 is 0. The molecule has 4 nitrogen and oxygen atoms in total. The van der Waals surface area contributed by atoms with E-state index in [2.05, 4.69) is 5.92 Å². The van der Waals surface area contributed by atoms with Crippen LogP contribution in [0.15, 0.2) is 0 Å². The van der Waals surface area contributed by atoms with Gasteiger partial charge in [0.2, 0.25) is 0 Å². The number of hydrogen-bond acceptors (Lipinski definition) is 3. The summed E-state index contributed by atoms with van der Waals surface area (Å²) in [4.78, 5) is 13.0. The van der Waals surface area contributed by atoms with Gasteiger partial charge in [0.05, 0.1) is 0 Å². The molecule has 16 heavy (non-hydrogen) atoms. The number of terminal acetylenes is 1. The van der Waals surface area contributed by atoms with Crippen molar-refractivity contribution in [3.8, 4) is 12.3 Å². The van der Waals surface area contributed by atoms with E-state index in [1.807, 2.05) is 4.90 Å². The lowest BCUT2D eigenvalue weighted by Crippen LogP contribution is -2.63. The standard InChI is InChI=1S/C12H17NO3/c1-2-3-10(11(14)15)13-8-12(9-13)4-6-16-7-5-12/h1,10H,3-9H2,(H,14,15). The highest BCUT2D eigenvalue weighted by Crippen LogP contribution is 2.41. The van der Waals surface area contributed by atoms with Gasteiger partial charge in [-0.25, -0.2) is 0 Å². The number of ether oxygens (including phenoxy) is 1. The molecule has 4 heteroatoms. The van der Waals surface area contributed by atoms with Crippen molar-refractivity contribution in [3.63, 3.8) is 0 Å². The van der Waals surface area contributed by atoms with Crippen LogP contribution >= 0.6 is 0 Å². The van der Waals surface area contributed by atoms with Crippen LogP contribution in [-0.2, 0) is 9.53 Å². The van der Waals surface area contributed by atoms with Gasteiger partial charge in [0.15, 0.2) is 0 Å². The maximum Gasteiger partial charge on any atom is 0.321 e. The van der Waals surface area contributed by atoms with Gasteiger partial charge in [-0.2, -0.15) is 0 Å². The molecule has 2 saturated heterocycles. The molecule has 0 bridgehead atoms.